The average Bonchev–Trinajstić information content (AvgIpc) is 3.02. The highest BCUT2D eigenvalue weighted by atomic mass is 16.5. The number of aryl methyl sites for hydroxylation is 1. The molecule has 8 heteroatoms. The Balaban J connectivity index is 1.63. The van der Waals surface area contributed by atoms with Gasteiger partial charge in [0.05, 0.1) is 37.1 Å². The van der Waals surface area contributed by atoms with Crippen molar-refractivity contribution >= 4 is 5.91 Å². The summed E-state index contributed by atoms with van der Waals surface area (Å²) in [5.74, 6) is 0.0433. The first-order chi connectivity index (χ1) is 12.2. The summed E-state index contributed by atoms with van der Waals surface area (Å²) in [4.78, 5) is 16.7. The number of pyridine rings is 1. The van der Waals surface area contributed by atoms with Crippen LogP contribution in [0.5, 0.6) is 0 Å². The first-order valence-electron chi connectivity index (χ1n) is 8.15. The molecule has 2 N–H and O–H groups in total. The molecular weight excluding hydrogens is 326 g/mol. The molecule has 25 heavy (non-hydrogen) atoms. The Morgan fingerprint density at radius 2 is 2.36 bits per heavy atom. The Morgan fingerprint density at radius 3 is 3.12 bits per heavy atom. The lowest BCUT2D eigenvalue weighted by Gasteiger charge is -2.31. The molecule has 1 fully saturated rings. The van der Waals surface area contributed by atoms with Crippen LogP contribution in [0.3, 0.4) is 0 Å². The smallest absolute Gasteiger partial charge is 0.274 e. The fourth-order valence-electron chi connectivity index (χ4n) is 2.71. The molecule has 3 heterocycles. The molecule has 0 saturated carbocycles. The quantitative estimate of drug-likeness (QED) is 0.802. The molecule has 0 spiro atoms. The van der Waals surface area contributed by atoms with Crippen LogP contribution in [-0.2, 0) is 22.7 Å². The van der Waals surface area contributed by atoms with E-state index in [1.807, 2.05) is 18.2 Å². The molecular formula is C17H21N3O5. The number of aromatic nitrogens is 2. The number of carbonyl (C=O) groups excluding carboxylic acids is 1. The number of amides is 1. The standard InChI is InChI=1S/C17H21N3O5/c1-11-13(8-21)16(20-25-11)17(22)19-14-5-7-23-10-15(14)24-9-12-4-2-3-6-18-12/h2-4,6,14-15,21H,5,7-10H2,1H3,(H,19,22)/t14-,15-/m1/s1. The van der Waals surface area contributed by atoms with Gasteiger partial charge in [-0.2, -0.15) is 0 Å². The van der Waals surface area contributed by atoms with E-state index in [-0.39, 0.29) is 30.4 Å². The van der Waals surface area contributed by atoms with Gasteiger partial charge in [0.15, 0.2) is 5.69 Å². The van der Waals surface area contributed by atoms with Gasteiger partial charge in [0.1, 0.15) is 11.9 Å². The van der Waals surface area contributed by atoms with Gasteiger partial charge in [0.25, 0.3) is 5.91 Å². The second-order valence-corrected chi connectivity index (χ2v) is 5.84. The summed E-state index contributed by atoms with van der Waals surface area (Å²) in [6, 6.07) is 5.40. The van der Waals surface area contributed by atoms with E-state index in [2.05, 4.69) is 15.5 Å². The molecule has 134 valence electrons. The van der Waals surface area contributed by atoms with Crippen molar-refractivity contribution in [3.63, 3.8) is 0 Å². The third-order valence-corrected chi connectivity index (χ3v) is 4.15. The lowest BCUT2D eigenvalue weighted by molar-refractivity contribution is -0.0743. The third-order valence-electron chi connectivity index (χ3n) is 4.15. The van der Waals surface area contributed by atoms with Crippen LogP contribution in [0.1, 0.15) is 33.9 Å². The maximum absolute atomic E-state index is 12.5. The van der Waals surface area contributed by atoms with E-state index in [0.717, 1.165) is 5.69 Å². The predicted octanol–water partition coefficient (Wildman–Crippen LogP) is 0.974. The van der Waals surface area contributed by atoms with Crippen molar-refractivity contribution in [2.24, 2.45) is 0 Å². The highest BCUT2D eigenvalue weighted by molar-refractivity contribution is 5.94. The second-order valence-electron chi connectivity index (χ2n) is 5.84. The van der Waals surface area contributed by atoms with Crippen LogP contribution < -0.4 is 5.32 Å². The molecule has 0 aromatic carbocycles. The van der Waals surface area contributed by atoms with Gasteiger partial charge >= 0.3 is 0 Å². The van der Waals surface area contributed by atoms with Gasteiger partial charge in [-0.25, -0.2) is 0 Å². The van der Waals surface area contributed by atoms with Gasteiger partial charge in [-0.1, -0.05) is 11.2 Å². The fraction of sp³-hybridized carbons (Fsp3) is 0.471. The Kier molecular flexibility index (Phi) is 5.75. The Labute approximate surface area is 145 Å². The number of nitrogens with one attached hydrogen (secondary N) is 1. The number of rotatable bonds is 6. The number of aliphatic hydroxyl groups is 1. The van der Waals surface area contributed by atoms with Crippen molar-refractivity contribution in [2.75, 3.05) is 13.2 Å². The fourth-order valence-corrected chi connectivity index (χ4v) is 2.71. The van der Waals surface area contributed by atoms with E-state index in [4.69, 9.17) is 14.0 Å². The van der Waals surface area contributed by atoms with Gasteiger partial charge in [-0.05, 0) is 25.5 Å². The van der Waals surface area contributed by atoms with E-state index in [0.29, 0.717) is 37.6 Å². The second kappa shape index (κ2) is 8.19. The summed E-state index contributed by atoms with van der Waals surface area (Å²) in [5, 5.41) is 16.0. The molecule has 0 radical (unpaired) electrons. The van der Waals surface area contributed by atoms with Crippen molar-refractivity contribution < 1.29 is 23.9 Å². The van der Waals surface area contributed by atoms with Gasteiger partial charge in [-0.3, -0.25) is 9.78 Å². The summed E-state index contributed by atoms with van der Waals surface area (Å²) < 4.78 is 16.3. The molecule has 2 aromatic heterocycles. The minimum absolute atomic E-state index is 0.106. The SMILES string of the molecule is Cc1onc(C(=O)N[C@@H]2CCOC[C@H]2OCc2ccccn2)c1CO. The summed E-state index contributed by atoms with van der Waals surface area (Å²) in [6.45, 7) is 2.63. The summed E-state index contributed by atoms with van der Waals surface area (Å²) >= 11 is 0. The minimum atomic E-state index is -0.390. The first kappa shape index (κ1) is 17.5. The average molecular weight is 347 g/mol. The molecule has 1 aliphatic rings. The zero-order valence-electron chi connectivity index (χ0n) is 14.0. The molecule has 1 saturated heterocycles. The number of hydrogen-bond donors (Lipinski definition) is 2. The van der Waals surface area contributed by atoms with Crippen LogP contribution >= 0.6 is 0 Å². The Hall–Kier alpha value is -2.29. The van der Waals surface area contributed by atoms with Crippen molar-refractivity contribution in [1.29, 1.82) is 0 Å². The molecule has 1 aliphatic heterocycles. The van der Waals surface area contributed by atoms with E-state index >= 15 is 0 Å². The zero-order valence-corrected chi connectivity index (χ0v) is 14.0. The van der Waals surface area contributed by atoms with Gasteiger partial charge in [0, 0.05) is 12.8 Å². The summed E-state index contributed by atoms with van der Waals surface area (Å²) in [6.07, 6.45) is 2.05. The lowest BCUT2D eigenvalue weighted by Crippen LogP contribution is -2.50. The zero-order chi connectivity index (χ0) is 17.6. The lowest BCUT2D eigenvalue weighted by atomic mass is 10.1. The van der Waals surface area contributed by atoms with Gasteiger partial charge in [-0.15, -0.1) is 0 Å². The van der Waals surface area contributed by atoms with E-state index in [1.54, 1.807) is 13.1 Å². The van der Waals surface area contributed by atoms with Crippen molar-refractivity contribution in [2.45, 2.75) is 38.7 Å². The maximum Gasteiger partial charge on any atom is 0.274 e. The van der Waals surface area contributed by atoms with Crippen LogP contribution in [0.15, 0.2) is 28.9 Å². The topological polar surface area (TPSA) is 107 Å². The van der Waals surface area contributed by atoms with Crippen LogP contribution in [-0.4, -0.2) is 46.5 Å². The number of nitrogens with zero attached hydrogens (tertiary/aromatic N) is 2. The van der Waals surface area contributed by atoms with Crippen molar-refractivity contribution in [3.05, 3.63) is 47.1 Å². The molecule has 0 bridgehead atoms. The number of aliphatic hydroxyl groups excluding tert-OH is 1. The summed E-state index contributed by atoms with van der Waals surface area (Å²) in [7, 11) is 0. The molecule has 1 amide bonds. The van der Waals surface area contributed by atoms with Crippen LogP contribution in [0.2, 0.25) is 0 Å². The number of ether oxygens (including phenoxy) is 2. The third kappa shape index (κ3) is 4.22. The van der Waals surface area contributed by atoms with E-state index in [9.17, 15) is 9.90 Å². The van der Waals surface area contributed by atoms with Crippen LogP contribution in [0.25, 0.3) is 0 Å². The van der Waals surface area contributed by atoms with E-state index in [1.165, 1.54) is 0 Å². The highest BCUT2D eigenvalue weighted by Crippen LogP contribution is 2.17. The molecule has 0 aliphatic carbocycles. The highest BCUT2D eigenvalue weighted by Gasteiger charge is 2.30. The maximum atomic E-state index is 12.5. The predicted molar refractivity (Wildman–Crippen MR) is 86.7 cm³/mol. The molecule has 2 atom stereocenters. The Bertz CT molecular complexity index is 704. The van der Waals surface area contributed by atoms with E-state index < -0.39 is 0 Å². The molecule has 0 unspecified atom stereocenters. The van der Waals surface area contributed by atoms with Crippen molar-refractivity contribution in [1.82, 2.24) is 15.5 Å². The largest absolute Gasteiger partial charge is 0.391 e. The monoisotopic (exact) mass is 347 g/mol. The van der Waals surface area contributed by atoms with Crippen molar-refractivity contribution in [3.8, 4) is 0 Å². The molecule has 2 aromatic rings. The number of hydrogen-bond acceptors (Lipinski definition) is 7. The number of carbonyl (C=O) groups is 1. The van der Waals surface area contributed by atoms with Gasteiger partial charge < -0.3 is 24.4 Å². The van der Waals surface area contributed by atoms with Gasteiger partial charge in [0.2, 0.25) is 0 Å². The minimum Gasteiger partial charge on any atom is -0.391 e. The normalized spacial score (nSPS) is 20.4. The van der Waals surface area contributed by atoms with Crippen LogP contribution in [0, 0.1) is 6.92 Å². The molecule has 3 rings (SSSR count). The molecule has 8 nitrogen and oxygen atoms in total. The van der Waals surface area contributed by atoms with Crippen LogP contribution in [0.4, 0.5) is 0 Å². The Morgan fingerprint density at radius 1 is 1.48 bits per heavy atom. The first-order valence-corrected chi connectivity index (χ1v) is 8.15. The summed E-state index contributed by atoms with van der Waals surface area (Å²) in [5.41, 5.74) is 1.32.